The van der Waals surface area contributed by atoms with Crippen LogP contribution in [-0.2, 0) is 0 Å². The molecule has 10 rings (SSSR count). The second-order valence-corrected chi connectivity index (χ2v) is 13.4. The Morgan fingerprint density at radius 2 is 0.725 bits per heavy atom. The quantitative estimate of drug-likeness (QED) is 0.174. The fraction of sp³-hybridized carbons (Fsp3) is 0. The number of nitrogens with zero attached hydrogens (tertiary/aromatic N) is 1. The van der Waals surface area contributed by atoms with Crippen LogP contribution in [0.25, 0.3) is 77.2 Å². The summed E-state index contributed by atoms with van der Waals surface area (Å²) in [6.45, 7) is 0. The van der Waals surface area contributed by atoms with Crippen molar-refractivity contribution in [2.45, 2.75) is 0 Å². The monoisotopic (exact) mass is 647 g/mol. The molecule has 0 spiro atoms. The van der Waals surface area contributed by atoms with E-state index >= 15 is 0 Å². The molecule has 51 heavy (non-hydrogen) atoms. The molecule has 0 fully saturated rings. The predicted octanol–water partition coefficient (Wildman–Crippen LogP) is 14.1. The van der Waals surface area contributed by atoms with E-state index < -0.39 is 0 Å². The number of benzene rings is 9. The SMILES string of the molecule is c1ccc(-c2ccc(N(c3ccc(-c4ccccc4)cc3)c3c4c(cc5ccccc35)-c3cc5ccc(-c6ccccc6)cc5cc3-4)cc2)cc1. The van der Waals surface area contributed by atoms with Crippen LogP contribution in [0.2, 0.25) is 0 Å². The minimum Gasteiger partial charge on any atom is -0.309 e. The topological polar surface area (TPSA) is 3.24 Å². The third kappa shape index (κ3) is 5.02. The summed E-state index contributed by atoms with van der Waals surface area (Å²) < 4.78 is 0. The average molecular weight is 648 g/mol. The molecule has 0 atom stereocenters. The van der Waals surface area contributed by atoms with Crippen LogP contribution in [0.1, 0.15) is 0 Å². The van der Waals surface area contributed by atoms with E-state index in [4.69, 9.17) is 0 Å². The summed E-state index contributed by atoms with van der Waals surface area (Å²) in [6, 6.07) is 72.9. The van der Waals surface area contributed by atoms with Gasteiger partial charge in [-0.05, 0) is 115 Å². The van der Waals surface area contributed by atoms with Crippen molar-refractivity contribution in [3.05, 3.63) is 200 Å². The maximum absolute atomic E-state index is 2.47. The number of hydrogen-bond acceptors (Lipinski definition) is 1. The van der Waals surface area contributed by atoms with Gasteiger partial charge in [-0.15, -0.1) is 0 Å². The van der Waals surface area contributed by atoms with Gasteiger partial charge in [0.05, 0.1) is 5.69 Å². The van der Waals surface area contributed by atoms with E-state index in [9.17, 15) is 0 Å². The highest BCUT2D eigenvalue weighted by Crippen LogP contribution is 2.58. The molecule has 0 aromatic heterocycles. The van der Waals surface area contributed by atoms with Gasteiger partial charge in [0.15, 0.2) is 0 Å². The van der Waals surface area contributed by atoms with E-state index in [1.807, 2.05) is 0 Å². The fourth-order valence-electron chi connectivity index (χ4n) is 7.80. The minimum atomic E-state index is 1.13. The molecule has 1 aliphatic rings. The first-order valence-electron chi connectivity index (χ1n) is 17.6. The van der Waals surface area contributed by atoms with Crippen LogP contribution in [0.15, 0.2) is 200 Å². The summed E-state index contributed by atoms with van der Waals surface area (Å²) in [5, 5.41) is 4.99. The van der Waals surface area contributed by atoms with Crippen LogP contribution in [0, 0.1) is 0 Å². The van der Waals surface area contributed by atoms with Crippen molar-refractivity contribution in [3.63, 3.8) is 0 Å². The van der Waals surface area contributed by atoms with Gasteiger partial charge < -0.3 is 4.90 Å². The van der Waals surface area contributed by atoms with Gasteiger partial charge in [0, 0.05) is 22.3 Å². The molecule has 1 aliphatic carbocycles. The van der Waals surface area contributed by atoms with Crippen LogP contribution < -0.4 is 4.90 Å². The van der Waals surface area contributed by atoms with Crippen LogP contribution in [-0.4, -0.2) is 0 Å². The molecule has 0 saturated carbocycles. The predicted molar refractivity (Wildman–Crippen MR) is 217 cm³/mol. The average Bonchev–Trinajstić information content (AvgIpc) is 3.21. The molecule has 0 bridgehead atoms. The van der Waals surface area contributed by atoms with Gasteiger partial charge in [0.1, 0.15) is 0 Å². The summed E-state index contributed by atoms with van der Waals surface area (Å²) >= 11 is 0. The van der Waals surface area contributed by atoms with Crippen molar-refractivity contribution in [1.82, 2.24) is 0 Å². The third-order valence-electron chi connectivity index (χ3n) is 10.4. The summed E-state index contributed by atoms with van der Waals surface area (Å²) in [4.78, 5) is 2.47. The van der Waals surface area contributed by atoms with Crippen LogP contribution in [0.3, 0.4) is 0 Å². The zero-order chi connectivity index (χ0) is 33.7. The Balaban J connectivity index is 1.18. The van der Waals surface area contributed by atoms with E-state index in [0.717, 1.165) is 11.4 Å². The lowest BCUT2D eigenvalue weighted by molar-refractivity contribution is 1.29. The Morgan fingerprint density at radius 1 is 0.275 bits per heavy atom. The highest BCUT2D eigenvalue weighted by Gasteiger charge is 2.31. The fourth-order valence-corrected chi connectivity index (χ4v) is 7.80. The van der Waals surface area contributed by atoms with Crippen molar-refractivity contribution >= 4 is 38.6 Å². The number of hydrogen-bond donors (Lipinski definition) is 0. The standard InChI is InChI=1S/C50H33N/c1-4-12-34(13-5-1)37-22-26-43(27-23-37)51(44-28-24-38(25-29-44)35-14-6-2-7-15-35)50-45-19-11-10-18-41(45)32-47-46-31-40-21-20-39(36-16-8-3-9-17-36)30-42(40)33-48(46)49(47)50/h1-33H. The van der Waals surface area contributed by atoms with Gasteiger partial charge in [-0.3, -0.25) is 0 Å². The zero-order valence-corrected chi connectivity index (χ0v) is 28.0. The summed E-state index contributed by atoms with van der Waals surface area (Å²) in [5.41, 5.74) is 16.0. The Morgan fingerprint density at radius 3 is 1.31 bits per heavy atom. The van der Waals surface area contributed by atoms with E-state index in [-0.39, 0.29) is 0 Å². The molecule has 1 heteroatoms. The molecule has 0 radical (unpaired) electrons. The second kappa shape index (κ2) is 12.0. The van der Waals surface area contributed by atoms with Gasteiger partial charge in [0.2, 0.25) is 0 Å². The lowest BCUT2D eigenvalue weighted by atomic mass is 9.76. The Labute approximate surface area is 298 Å². The molecule has 0 amide bonds. The second-order valence-electron chi connectivity index (χ2n) is 13.4. The molecule has 0 aliphatic heterocycles. The molecule has 0 heterocycles. The minimum absolute atomic E-state index is 1.13. The van der Waals surface area contributed by atoms with E-state index in [0.29, 0.717) is 0 Å². The van der Waals surface area contributed by atoms with Crippen LogP contribution >= 0.6 is 0 Å². The largest absolute Gasteiger partial charge is 0.309 e. The molecule has 9 aromatic carbocycles. The molecule has 238 valence electrons. The molecule has 9 aromatic rings. The maximum atomic E-state index is 2.47. The van der Waals surface area contributed by atoms with Crippen molar-refractivity contribution < 1.29 is 0 Å². The highest BCUT2D eigenvalue weighted by atomic mass is 15.1. The number of anilines is 3. The molecule has 0 unspecified atom stereocenters. The smallest absolute Gasteiger partial charge is 0.0624 e. The summed E-state index contributed by atoms with van der Waals surface area (Å²) in [7, 11) is 0. The van der Waals surface area contributed by atoms with Crippen molar-refractivity contribution in [2.24, 2.45) is 0 Å². The van der Waals surface area contributed by atoms with E-state index in [1.165, 1.54) is 82.9 Å². The Kier molecular flexibility index (Phi) is 6.89. The summed E-state index contributed by atoms with van der Waals surface area (Å²) in [5.74, 6) is 0. The molecular formula is C50H33N. The van der Waals surface area contributed by atoms with Crippen molar-refractivity contribution in [2.75, 3.05) is 4.90 Å². The zero-order valence-electron chi connectivity index (χ0n) is 28.0. The van der Waals surface area contributed by atoms with Gasteiger partial charge in [-0.1, -0.05) is 152 Å². The first kappa shape index (κ1) is 29.2. The lowest BCUT2D eigenvalue weighted by Gasteiger charge is -2.35. The molecule has 0 N–H and O–H groups in total. The number of rotatable bonds is 6. The van der Waals surface area contributed by atoms with Crippen LogP contribution in [0.4, 0.5) is 17.1 Å². The van der Waals surface area contributed by atoms with Crippen molar-refractivity contribution in [1.29, 1.82) is 0 Å². The van der Waals surface area contributed by atoms with Gasteiger partial charge in [-0.25, -0.2) is 0 Å². The molecular weight excluding hydrogens is 615 g/mol. The number of fused-ring (bicyclic) bond motifs is 6. The van der Waals surface area contributed by atoms with Gasteiger partial charge >= 0.3 is 0 Å². The maximum Gasteiger partial charge on any atom is 0.0624 e. The lowest BCUT2D eigenvalue weighted by Crippen LogP contribution is -2.15. The Bertz CT molecular complexity index is 2610. The van der Waals surface area contributed by atoms with Gasteiger partial charge in [0.25, 0.3) is 0 Å². The van der Waals surface area contributed by atoms with Crippen LogP contribution in [0.5, 0.6) is 0 Å². The normalized spacial score (nSPS) is 11.5. The molecule has 1 nitrogen and oxygen atoms in total. The molecule has 0 saturated heterocycles. The highest BCUT2D eigenvalue weighted by molar-refractivity contribution is 6.20. The summed E-state index contributed by atoms with van der Waals surface area (Å²) in [6.07, 6.45) is 0. The van der Waals surface area contributed by atoms with Gasteiger partial charge in [-0.2, -0.15) is 0 Å². The Hall–Kier alpha value is -6.70. The van der Waals surface area contributed by atoms with E-state index in [2.05, 4.69) is 205 Å². The van der Waals surface area contributed by atoms with E-state index in [1.54, 1.807) is 0 Å². The first-order valence-corrected chi connectivity index (χ1v) is 17.6. The van der Waals surface area contributed by atoms with Crippen molar-refractivity contribution in [3.8, 4) is 55.6 Å². The third-order valence-corrected chi connectivity index (χ3v) is 10.4. The first-order chi connectivity index (χ1) is 25.3.